The number of hydrogen-bond acceptors (Lipinski definition) is 5. The maximum Gasteiger partial charge on any atom is 0.413 e. The van der Waals surface area contributed by atoms with Crippen LogP contribution in [0.4, 0.5) is 9.93 Å². The van der Waals surface area contributed by atoms with Crippen molar-refractivity contribution in [3.63, 3.8) is 0 Å². The first-order valence-corrected chi connectivity index (χ1v) is 10.8. The summed E-state index contributed by atoms with van der Waals surface area (Å²) in [5.41, 5.74) is 4.28. The highest BCUT2D eigenvalue weighted by molar-refractivity contribution is 7.21. The maximum atomic E-state index is 11.1. The Kier molecular flexibility index (Phi) is 4.25. The van der Waals surface area contributed by atoms with E-state index in [9.17, 15) is 4.79 Å². The Hall–Kier alpha value is -1.98. The molecule has 21 heavy (non-hydrogen) atoms. The number of anilines is 1. The quantitative estimate of drug-likeness (QED) is 0.680. The summed E-state index contributed by atoms with van der Waals surface area (Å²) in [5, 5.41) is 9.50. The van der Waals surface area contributed by atoms with Crippen molar-refractivity contribution in [1.82, 2.24) is 15.0 Å². The van der Waals surface area contributed by atoms with E-state index in [4.69, 9.17) is 5.11 Å². The predicted octanol–water partition coefficient (Wildman–Crippen LogP) is 2.82. The summed E-state index contributed by atoms with van der Waals surface area (Å²) in [6.07, 6.45) is 0.547. The van der Waals surface area contributed by atoms with Gasteiger partial charge in [-0.15, -0.1) is 5.54 Å². The molecule has 2 aromatic rings. The van der Waals surface area contributed by atoms with E-state index >= 15 is 0 Å². The third-order valence-corrected chi connectivity index (χ3v) is 4.29. The molecule has 8 heteroatoms. The van der Waals surface area contributed by atoms with Crippen molar-refractivity contribution < 1.29 is 9.90 Å². The first-order chi connectivity index (χ1) is 9.80. The summed E-state index contributed by atoms with van der Waals surface area (Å²) < 4.78 is 0. The molecule has 2 rings (SSSR count). The van der Waals surface area contributed by atoms with Crippen molar-refractivity contribution >= 4 is 41.1 Å². The van der Waals surface area contributed by atoms with Gasteiger partial charge in [0.25, 0.3) is 0 Å². The molecule has 0 aliphatic heterocycles. The summed E-state index contributed by atoms with van der Waals surface area (Å²) in [5.74, 6) is 3.04. The second kappa shape index (κ2) is 5.79. The summed E-state index contributed by atoms with van der Waals surface area (Å²) in [6, 6.07) is 0. The third kappa shape index (κ3) is 3.77. The van der Waals surface area contributed by atoms with E-state index in [0.29, 0.717) is 27.8 Å². The van der Waals surface area contributed by atoms with Crippen LogP contribution >= 0.6 is 11.3 Å². The Morgan fingerprint density at radius 1 is 1.43 bits per heavy atom. The standard InChI is InChI=1S/C13H16N4O2SSi/c1-5-17(13(18)19)12-16-10-11(20-12)15-9(8-14-10)6-7-21(2,3)4/h8H,5H2,1-4H3,(H,18,19). The van der Waals surface area contributed by atoms with Crippen molar-refractivity contribution in [2.24, 2.45) is 0 Å². The number of aromatic nitrogens is 3. The zero-order valence-electron chi connectivity index (χ0n) is 12.3. The Morgan fingerprint density at radius 2 is 2.14 bits per heavy atom. The van der Waals surface area contributed by atoms with Crippen LogP contribution in [0.15, 0.2) is 6.20 Å². The highest BCUT2D eigenvalue weighted by atomic mass is 32.1. The van der Waals surface area contributed by atoms with E-state index in [0.717, 1.165) is 0 Å². The number of rotatable bonds is 2. The van der Waals surface area contributed by atoms with Crippen LogP contribution in [-0.2, 0) is 0 Å². The summed E-state index contributed by atoms with van der Waals surface area (Å²) in [6.45, 7) is 8.55. The van der Waals surface area contributed by atoms with E-state index in [-0.39, 0.29) is 0 Å². The van der Waals surface area contributed by atoms with Crippen LogP contribution in [0.1, 0.15) is 12.6 Å². The molecule has 0 aliphatic carbocycles. The summed E-state index contributed by atoms with van der Waals surface area (Å²) in [7, 11) is -1.47. The van der Waals surface area contributed by atoms with Crippen molar-refractivity contribution in [3.05, 3.63) is 11.9 Å². The fourth-order valence-corrected chi connectivity index (χ4v) is 2.95. The zero-order chi connectivity index (χ0) is 15.6. The van der Waals surface area contributed by atoms with E-state index in [1.54, 1.807) is 13.1 Å². The van der Waals surface area contributed by atoms with E-state index in [1.807, 2.05) is 0 Å². The SMILES string of the molecule is CCN(C(=O)O)c1nc2ncc(C#C[Si](C)(C)C)nc2s1. The van der Waals surface area contributed by atoms with Crippen molar-refractivity contribution in [2.45, 2.75) is 26.6 Å². The molecule has 0 fully saturated rings. The Bertz CT molecular complexity index is 742. The molecule has 0 aromatic carbocycles. The molecule has 2 heterocycles. The fraction of sp³-hybridized carbons (Fsp3) is 0.385. The molecule has 6 nitrogen and oxygen atoms in total. The minimum Gasteiger partial charge on any atom is -0.465 e. The van der Waals surface area contributed by atoms with Gasteiger partial charge >= 0.3 is 6.09 Å². The molecular weight excluding hydrogens is 304 g/mol. The van der Waals surface area contributed by atoms with Gasteiger partial charge in [0.2, 0.25) is 0 Å². The molecule has 0 radical (unpaired) electrons. The first kappa shape index (κ1) is 15.4. The molecule has 110 valence electrons. The van der Waals surface area contributed by atoms with E-state index in [2.05, 4.69) is 46.1 Å². The van der Waals surface area contributed by atoms with Crippen molar-refractivity contribution in [3.8, 4) is 11.5 Å². The number of carbonyl (C=O) groups is 1. The minimum absolute atomic E-state index is 0.331. The number of fused-ring (bicyclic) bond motifs is 1. The largest absolute Gasteiger partial charge is 0.465 e. The number of hydrogen-bond donors (Lipinski definition) is 1. The van der Waals surface area contributed by atoms with Crippen LogP contribution in [0.3, 0.4) is 0 Å². The van der Waals surface area contributed by atoms with Gasteiger partial charge in [0.15, 0.2) is 15.6 Å². The lowest BCUT2D eigenvalue weighted by Gasteiger charge is -2.11. The molecule has 0 saturated heterocycles. The van der Waals surface area contributed by atoms with E-state index < -0.39 is 14.2 Å². The smallest absolute Gasteiger partial charge is 0.413 e. The molecule has 2 aromatic heterocycles. The average molecular weight is 320 g/mol. The van der Waals surface area contributed by atoms with Gasteiger partial charge in [-0.25, -0.2) is 14.8 Å². The Morgan fingerprint density at radius 3 is 2.71 bits per heavy atom. The van der Waals surface area contributed by atoms with Gasteiger partial charge in [0.1, 0.15) is 13.8 Å². The molecule has 1 N–H and O–H groups in total. The zero-order valence-corrected chi connectivity index (χ0v) is 14.2. The van der Waals surface area contributed by atoms with Gasteiger partial charge in [-0.05, 0) is 6.92 Å². The van der Waals surface area contributed by atoms with Crippen LogP contribution in [0.5, 0.6) is 0 Å². The van der Waals surface area contributed by atoms with Crippen LogP contribution in [0.25, 0.3) is 10.5 Å². The number of carboxylic acid groups (broad SMARTS) is 1. The third-order valence-electron chi connectivity index (χ3n) is 2.46. The van der Waals surface area contributed by atoms with Crippen LogP contribution < -0.4 is 4.90 Å². The van der Waals surface area contributed by atoms with Crippen molar-refractivity contribution in [1.29, 1.82) is 0 Å². The molecule has 0 atom stereocenters. The maximum absolute atomic E-state index is 11.1. The predicted molar refractivity (Wildman–Crippen MR) is 86.5 cm³/mol. The van der Waals surface area contributed by atoms with Gasteiger partial charge in [0.05, 0.1) is 6.20 Å². The van der Waals surface area contributed by atoms with Crippen LogP contribution in [-0.4, -0.2) is 40.8 Å². The molecule has 0 bridgehead atoms. The minimum atomic E-state index is -1.47. The van der Waals surface area contributed by atoms with E-state index in [1.165, 1.54) is 16.2 Å². The van der Waals surface area contributed by atoms with Gasteiger partial charge in [-0.1, -0.05) is 36.9 Å². The second-order valence-electron chi connectivity index (χ2n) is 5.41. The molecule has 0 spiro atoms. The number of thiazole rings is 1. The Balaban J connectivity index is 2.40. The van der Waals surface area contributed by atoms with Gasteiger partial charge in [-0.2, -0.15) is 4.98 Å². The van der Waals surface area contributed by atoms with Crippen LogP contribution in [0.2, 0.25) is 19.6 Å². The van der Waals surface area contributed by atoms with Crippen LogP contribution in [0, 0.1) is 11.5 Å². The molecule has 0 aliphatic rings. The molecular formula is C13H16N4O2SSi. The number of nitrogens with zero attached hydrogens (tertiary/aromatic N) is 4. The lowest BCUT2D eigenvalue weighted by atomic mass is 10.5. The first-order valence-electron chi connectivity index (χ1n) is 6.47. The second-order valence-corrected chi connectivity index (χ2v) is 11.1. The molecule has 0 saturated carbocycles. The average Bonchev–Trinajstić information content (AvgIpc) is 2.78. The van der Waals surface area contributed by atoms with Crippen molar-refractivity contribution in [2.75, 3.05) is 11.4 Å². The highest BCUT2D eigenvalue weighted by Gasteiger charge is 2.18. The molecule has 1 amide bonds. The molecule has 0 unspecified atom stereocenters. The Labute approximate surface area is 127 Å². The van der Waals surface area contributed by atoms with Gasteiger partial charge < -0.3 is 5.11 Å². The fourth-order valence-electron chi connectivity index (χ4n) is 1.49. The monoisotopic (exact) mass is 320 g/mol. The lowest BCUT2D eigenvalue weighted by Crippen LogP contribution is -2.28. The lowest BCUT2D eigenvalue weighted by molar-refractivity contribution is 0.202. The van der Waals surface area contributed by atoms with Gasteiger partial charge in [0, 0.05) is 6.54 Å². The number of amides is 1. The topological polar surface area (TPSA) is 79.2 Å². The summed E-state index contributed by atoms with van der Waals surface area (Å²) in [4.78, 5) is 25.7. The normalized spacial score (nSPS) is 11.0. The highest BCUT2D eigenvalue weighted by Crippen LogP contribution is 2.26. The summed E-state index contributed by atoms with van der Waals surface area (Å²) >= 11 is 1.21. The van der Waals surface area contributed by atoms with Gasteiger partial charge in [-0.3, -0.25) is 4.90 Å².